The van der Waals surface area contributed by atoms with Crippen LogP contribution in [0.4, 0.5) is 0 Å². The van der Waals surface area contributed by atoms with Crippen LogP contribution in [0.3, 0.4) is 0 Å². The summed E-state index contributed by atoms with van der Waals surface area (Å²) in [5.41, 5.74) is -0.896. The molecule has 0 aliphatic carbocycles. The van der Waals surface area contributed by atoms with Gasteiger partial charge in [0.25, 0.3) is 0 Å². The molecule has 0 saturated heterocycles. The van der Waals surface area contributed by atoms with Gasteiger partial charge in [0.05, 0.1) is 5.60 Å². The molecule has 1 rings (SSSR count). The van der Waals surface area contributed by atoms with Gasteiger partial charge in [-0.05, 0) is 32.4 Å². The van der Waals surface area contributed by atoms with Gasteiger partial charge < -0.3 is 10.00 Å². The summed E-state index contributed by atoms with van der Waals surface area (Å²) in [7, 11) is -3.30. The van der Waals surface area contributed by atoms with Gasteiger partial charge in [0, 0.05) is 11.5 Å². The van der Waals surface area contributed by atoms with Crippen molar-refractivity contribution in [3.63, 3.8) is 0 Å². The van der Waals surface area contributed by atoms with Crippen molar-refractivity contribution in [2.24, 2.45) is 0 Å². The van der Waals surface area contributed by atoms with Gasteiger partial charge in [-0.1, -0.05) is 18.2 Å². The number of hydrogen-bond acceptors (Lipinski definition) is 2. The van der Waals surface area contributed by atoms with E-state index in [1.807, 2.05) is 0 Å². The summed E-state index contributed by atoms with van der Waals surface area (Å²) >= 11 is 0. The standard InChI is InChI=1S/C11H17O3P/c1-11(2,12)8-9-15(13,14)10-6-4-3-5-7-10/h3-7,12H,8-9H2,1-2H3,(H,13,14). The Bertz CT molecular complexity index is 354. The second-order valence-electron chi connectivity index (χ2n) is 4.32. The van der Waals surface area contributed by atoms with E-state index in [1.54, 1.807) is 44.2 Å². The molecule has 1 aromatic rings. The van der Waals surface area contributed by atoms with E-state index in [2.05, 4.69) is 0 Å². The average molecular weight is 228 g/mol. The smallest absolute Gasteiger partial charge is 0.229 e. The van der Waals surface area contributed by atoms with Crippen LogP contribution in [-0.2, 0) is 4.57 Å². The second-order valence-corrected chi connectivity index (χ2v) is 6.69. The predicted octanol–water partition coefficient (Wildman–Crippen LogP) is 1.74. The molecule has 0 fully saturated rings. The van der Waals surface area contributed by atoms with Crippen molar-refractivity contribution in [1.29, 1.82) is 0 Å². The van der Waals surface area contributed by atoms with Gasteiger partial charge in [-0.3, -0.25) is 4.57 Å². The van der Waals surface area contributed by atoms with Crippen molar-refractivity contribution < 1.29 is 14.6 Å². The van der Waals surface area contributed by atoms with Crippen molar-refractivity contribution in [3.8, 4) is 0 Å². The predicted molar refractivity (Wildman–Crippen MR) is 61.7 cm³/mol. The van der Waals surface area contributed by atoms with Crippen molar-refractivity contribution in [1.82, 2.24) is 0 Å². The molecule has 4 heteroatoms. The third kappa shape index (κ3) is 4.17. The summed E-state index contributed by atoms with van der Waals surface area (Å²) in [4.78, 5) is 9.79. The SMILES string of the molecule is CC(C)(O)CCP(=O)(O)c1ccccc1. The fourth-order valence-electron chi connectivity index (χ4n) is 1.22. The minimum absolute atomic E-state index is 0.112. The van der Waals surface area contributed by atoms with Gasteiger partial charge >= 0.3 is 0 Å². The zero-order valence-corrected chi connectivity index (χ0v) is 9.95. The van der Waals surface area contributed by atoms with E-state index in [1.165, 1.54) is 0 Å². The van der Waals surface area contributed by atoms with E-state index >= 15 is 0 Å². The average Bonchev–Trinajstić information content (AvgIpc) is 2.16. The highest BCUT2D eigenvalue weighted by Gasteiger charge is 2.24. The molecule has 0 heterocycles. The van der Waals surface area contributed by atoms with Crippen LogP contribution in [0.15, 0.2) is 30.3 Å². The van der Waals surface area contributed by atoms with Crippen molar-refractivity contribution in [2.45, 2.75) is 25.9 Å². The maximum absolute atomic E-state index is 11.9. The maximum atomic E-state index is 11.9. The van der Waals surface area contributed by atoms with Crippen molar-refractivity contribution in [2.75, 3.05) is 6.16 Å². The Hall–Kier alpha value is -0.630. The van der Waals surface area contributed by atoms with E-state index in [0.29, 0.717) is 11.7 Å². The summed E-state index contributed by atoms with van der Waals surface area (Å²) < 4.78 is 11.9. The lowest BCUT2D eigenvalue weighted by Crippen LogP contribution is -2.21. The van der Waals surface area contributed by atoms with Gasteiger partial charge in [0.15, 0.2) is 0 Å². The van der Waals surface area contributed by atoms with Gasteiger partial charge in [-0.25, -0.2) is 0 Å². The topological polar surface area (TPSA) is 57.5 Å². The van der Waals surface area contributed by atoms with Crippen LogP contribution < -0.4 is 5.30 Å². The maximum Gasteiger partial charge on any atom is 0.229 e. The molecule has 1 unspecified atom stereocenters. The molecule has 0 aliphatic rings. The van der Waals surface area contributed by atoms with Crippen LogP contribution in [-0.4, -0.2) is 21.8 Å². The summed E-state index contributed by atoms with van der Waals surface area (Å²) in [5.74, 6) is 0. The highest BCUT2D eigenvalue weighted by atomic mass is 31.2. The van der Waals surface area contributed by atoms with E-state index in [4.69, 9.17) is 0 Å². The largest absolute Gasteiger partial charge is 0.390 e. The first-order valence-electron chi connectivity index (χ1n) is 4.91. The monoisotopic (exact) mass is 228 g/mol. The normalized spacial score (nSPS) is 16.0. The number of hydrogen-bond donors (Lipinski definition) is 2. The molecular formula is C11H17O3P. The highest BCUT2D eigenvalue weighted by Crippen LogP contribution is 2.40. The highest BCUT2D eigenvalue weighted by molar-refractivity contribution is 7.66. The van der Waals surface area contributed by atoms with Crippen molar-refractivity contribution >= 4 is 12.7 Å². The van der Waals surface area contributed by atoms with Crippen LogP contribution in [0.5, 0.6) is 0 Å². The molecule has 0 spiro atoms. The lowest BCUT2D eigenvalue weighted by atomic mass is 10.1. The Morgan fingerprint density at radius 1 is 1.27 bits per heavy atom. The van der Waals surface area contributed by atoms with E-state index < -0.39 is 13.0 Å². The number of aliphatic hydroxyl groups is 1. The molecule has 0 aliphatic heterocycles. The fraction of sp³-hybridized carbons (Fsp3) is 0.455. The Labute approximate surface area is 90.2 Å². The molecule has 0 radical (unpaired) electrons. The van der Waals surface area contributed by atoms with Crippen molar-refractivity contribution in [3.05, 3.63) is 30.3 Å². The minimum atomic E-state index is -3.30. The molecule has 0 aromatic heterocycles. The molecule has 0 amide bonds. The Morgan fingerprint density at radius 2 is 1.80 bits per heavy atom. The van der Waals surface area contributed by atoms with Gasteiger partial charge in [-0.2, -0.15) is 0 Å². The number of benzene rings is 1. The molecule has 3 nitrogen and oxygen atoms in total. The van der Waals surface area contributed by atoms with E-state index in [9.17, 15) is 14.6 Å². The minimum Gasteiger partial charge on any atom is -0.390 e. The molecular weight excluding hydrogens is 211 g/mol. The lowest BCUT2D eigenvalue weighted by Gasteiger charge is -2.19. The first-order valence-corrected chi connectivity index (χ1v) is 6.76. The van der Waals surface area contributed by atoms with Gasteiger partial charge in [0.1, 0.15) is 0 Å². The van der Waals surface area contributed by atoms with Crippen LogP contribution in [0.1, 0.15) is 20.3 Å². The second kappa shape index (κ2) is 4.48. The first-order chi connectivity index (χ1) is 6.81. The molecule has 84 valence electrons. The zero-order chi connectivity index (χ0) is 11.5. The fourth-order valence-corrected chi connectivity index (χ4v) is 2.96. The summed E-state index contributed by atoms with van der Waals surface area (Å²) in [6, 6.07) is 8.57. The summed E-state index contributed by atoms with van der Waals surface area (Å²) in [6.45, 7) is 3.27. The lowest BCUT2D eigenvalue weighted by molar-refractivity contribution is 0.0767. The molecule has 1 aromatic carbocycles. The Balaban J connectivity index is 2.73. The first kappa shape index (κ1) is 12.4. The summed E-state index contributed by atoms with van der Waals surface area (Å²) in [6.07, 6.45) is 0.427. The Morgan fingerprint density at radius 3 is 2.27 bits per heavy atom. The molecule has 0 saturated carbocycles. The third-order valence-corrected chi connectivity index (χ3v) is 4.12. The zero-order valence-electron chi connectivity index (χ0n) is 9.05. The van der Waals surface area contributed by atoms with Crippen LogP contribution in [0.25, 0.3) is 0 Å². The molecule has 0 bridgehead atoms. The molecule has 15 heavy (non-hydrogen) atoms. The van der Waals surface area contributed by atoms with Gasteiger partial charge in [-0.15, -0.1) is 0 Å². The molecule has 2 N–H and O–H groups in total. The van der Waals surface area contributed by atoms with E-state index in [-0.39, 0.29) is 6.16 Å². The van der Waals surface area contributed by atoms with Crippen LogP contribution in [0.2, 0.25) is 0 Å². The van der Waals surface area contributed by atoms with E-state index in [0.717, 1.165) is 0 Å². The van der Waals surface area contributed by atoms with Crippen LogP contribution >= 0.6 is 7.37 Å². The number of rotatable bonds is 4. The molecule has 1 atom stereocenters. The van der Waals surface area contributed by atoms with Gasteiger partial charge in [0.2, 0.25) is 7.37 Å². The third-order valence-electron chi connectivity index (χ3n) is 2.19. The summed E-state index contributed by atoms with van der Waals surface area (Å²) in [5, 5.41) is 9.95. The quantitative estimate of drug-likeness (QED) is 0.772. The van der Waals surface area contributed by atoms with Crippen LogP contribution in [0, 0.1) is 0 Å². The Kier molecular flexibility index (Phi) is 3.72.